The molecule has 0 radical (unpaired) electrons. The van der Waals surface area contributed by atoms with Crippen LogP contribution >= 0.6 is 11.3 Å². The van der Waals surface area contributed by atoms with Crippen molar-refractivity contribution in [3.63, 3.8) is 0 Å². The number of hydrogen-bond acceptors (Lipinski definition) is 6. The Morgan fingerprint density at radius 1 is 1.20 bits per heavy atom. The predicted octanol–water partition coefficient (Wildman–Crippen LogP) is 3.62. The molecule has 2 amide bonds. The maximum absolute atomic E-state index is 12.0. The molecule has 1 saturated carbocycles. The first kappa shape index (κ1) is 16.3. The van der Waals surface area contributed by atoms with E-state index in [1.165, 1.54) is 24.2 Å². The minimum absolute atomic E-state index is 0.191. The van der Waals surface area contributed by atoms with Gasteiger partial charge in [-0.05, 0) is 49.9 Å². The van der Waals surface area contributed by atoms with E-state index < -0.39 is 0 Å². The third-order valence-corrected chi connectivity index (χ3v) is 5.16. The molecule has 2 fully saturated rings. The number of nitrogens with zero attached hydrogens (tertiary/aromatic N) is 2. The fourth-order valence-corrected chi connectivity index (χ4v) is 3.55. The number of aromatic nitrogens is 2. The lowest BCUT2D eigenvalue weighted by atomic mass is 10.2. The van der Waals surface area contributed by atoms with Crippen molar-refractivity contribution >= 4 is 28.2 Å². The highest BCUT2D eigenvalue weighted by molar-refractivity contribution is 7.15. The fraction of sp³-hybridized carbons (Fsp3) is 0.471. The number of urea groups is 1. The van der Waals surface area contributed by atoms with Crippen molar-refractivity contribution < 1.29 is 14.3 Å². The lowest BCUT2D eigenvalue weighted by molar-refractivity contribution is 0.0679. The first-order chi connectivity index (χ1) is 12.3. The summed E-state index contributed by atoms with van der Waals surface area (Å²) in [4.78, 5) is 12.0. The smallest absolute Gasteiger partial charge is 0.325 e. The van der Waals surface area contributed by atoms with Crippen molar-refractivity contribution in [1.82, 2.24) is 10.2 Å². The van der Waals surface area contributed by atoms with Gasteiger partial charge in [0.25, 0.3) is 0 Å². The molecular weight excluding hydrogens is 340 g/mol. The number of anilines is 2. The van der Waals surface area contributed by atoms with Crippen molar-refractivity contribution in [2.75, 3.05) is 23.8 Å². The average Bonchev–Trinajstić information content (AvgIpc) is 3.14. The Hall–Kier alpha value is -2.19. The summed E-state index contributed by atoms with van der Waals surface area (Å²) in [5.41, 5.74) is 0.689. The number of nitrogens with one attached hydrogen (secondary N) is 2. The summed E-state index contributed by atoms with van der Waals surface area (Å²) in [7, 11) is 0. The highest BCUT2D eigenvalue weighted by Gasteiger charge is 2.27. The summed E-state index contributed by atoms with van der Waals surface area (Å²) in [6, 6.07) is 6.95. The van der Waals surface area contributed by atoms with Crippen molar-refractivity contribution in [3.05, 3.63) is 29.3 Å². The lowest BCUT2D eigenvalue weighted by Gasteiger charge is -2.12. The highest BCUT2D eigenvalue weighted by Crippen LogP contribution is 2.42. The maximum atomic E-state index is 12.0. The van der Waals surface area contributed by atoms with E-state index in [0.717, 1.165) is 30.2 Å². The molecule has 132 valence electrons. The quantitative estimate of drug-likeness (QED) is 0.822. The van der Waals surface area contributed by atoms with Gasteiger partial charge in [-0.3, -0.25) is 5.32 Å². The van der Waals surface area contributed by atoms with E-state index in [2.05, 4.69) is 20.8 Å². The summed E-state index contributed by atoms with van der Waals surface area (Å²) in [6.07, 6.45) is 4.68. The summed E-state index contributed by atoms with van der Waals surface area (Å²) in [6.45, 7) is 1.39. The Morgan fingerprint density at radius 3 is 2.76 bits per heavy atom. The number of amides is 2. The van der Waals surface area contributed by atoms with E-state index in [-0.39, 0.29) is 12.1 Å². The van der Waals surface area contributed by atoms with Crippen LogP contribution in [0.5, 0.6) is 5.75 Å². The molecule has 1 aliphatic heterocycles. The van der Waals surface area contributed by atoms with Crippen LogP contribution in [0, 0.1) is 0 Å². The van der Waals surface area contributed by atoms with Gasteiger partial charge in [-0.1, -0.05) is 11.3 Å². The molecule has 4 rings (SSSR count). The van der Waals surface area contributed by atoms with E-state index in [1.807, 2.05) is 12.1 Å². The molecular formula is C17H20N4O3S. The number of carbonyl (C=O) groups is 1. The third kappa shape index (κ3) is 4.46. The van der Waals surface area contributed by atoms with Crippen LogP contribution in [0.3, 0.4) is 0 Å². The first-order valence-electron chi connectivity index (χ1n) is 8.52. The predicted molar refractivity (Wildman–Crippen MR) is 95.4 cm³/mol. The van der Waals surface area contributed by atoms with Crippen molar-refractivity contribution in [2.45, 2.75) is 37.7 Å². The van der Waals surface area contributed by atoms with E-state index in [9.17, 15) is 4.79 Å². The van der Waals surface area contributed by atoms with Gasteiger partial charge in [-0.25, -0.2) is 4.79 Å². The maximum Gasteiger partial charge on any atom is 0.325 e. The molecule has 1 aromatic carbocycles. The number of hydrogen-bond donors (Lipinski definition) is 2. The molecule has 7 nitrogen and oxygen atoms in total. The van der Waals surface area contributed by atoms with Crippen molar-refractivity contribution in [1.29, 1.82) is 0 Å². The van der Waals surface area contributed by atoms with Gasteiger partial charge in [-0.15, -0.1) is 10.2 Å². The fourth-order valence-electron chi connectivity index (χ4n) is 2.64. The molecule has 2 heterocycles. The van der Waals surface area contributed by atoms with E-state index >= 15 is 0 Å². The van der Waals surface area contributed by atoms with Gasteiger partial charge in [-0.2, -0.15) is 0 Å². The van der Waals surface area contributed by atoms with E-state index in [4.69, 9.17) is 9.47 Å². The second-order valence-corrected chi connectivity index (χ2v) is 7.28. The molecule has 2 N–H and O–H groups in total. The zero-order valence-electron chi connectivity index (χ0n) is 13.7. The summed E-state index contributed by atoms with van der Waals surface area (Å²) >= 11 is 1.44. The molecule has 0 bridgehead atoms. The Bertz CT molecular complexity index is 724. The Balaban J connectivity index is 1.25. The van der Waals surface area contributed by atoms with Gasteiger partial charge in [0.1, 0.15) is 17.4 Å². The van der Waals surface area contributed by atoms with Crippen LogP contribution in [0.25, 0.3) is 0 Å². The van der Waals surface area contributed by atoms with Crippen LogP contribution in [0.15, 0.2) is 24.3 Å². The lowest BCUT2D eigenvalue weighted by Crippen LogP contribution is -2.19. The molecule has 25 heavy (non-hydrogen) atoms. The zero-order valence-corrected chi connectivity index (χ0v) is 14.6. The van der Waals surface area contributed by atoms with Crippen LogP contribution in [0.4, 0.5) is 15.6 Å². The van der Waals surface area contributed by atoms with Crippen LogP contribution in [-0.2, 0) is 4.74 Å². The number of rotatable bonds is 6. The summed E-state index contributed by atoms with van der Waals surface area (Å²) in [5, 5.41) is 15.1. The molecule has 1 saturated heterocycles. The van der Waals surface area contributed by atoms with Gasteiger partial charge < -0.3 is 14.8 Å². The second-order valence-electron chi connectivity index (χ2n) is 6.27. The van der Waals surface area contributed by atoms with E-state index in [1.54, 1.807) is 12.1 Å². The average molecular weight is 360 g/mol. The topological polar surface area (TPSA) is 85.4 Å². The second kappa shape index (κ2) is 7.37. The molecule has 2 aromatic rings. The van der Waals surface area contributed by atoms with Gasteiger partial charge in [0.05, 0.1) is 6.10 Å². The summed E-state index contributed by atoms with van der Waals surface area (Å²) in [5.74, 6) is 1.30. The molecule has 0 spiro atoms. The first-order valence-corrected chi connectivity index (χ1v) is 9.34. The normalized spacial score (nSPS) is 19.6. The Morgan fingerprint density at radius 2 is 2.04 bits per heavy atom. The van der Waals surface area contributed by atoms with Crippen LogP contribution in [0.2, 0.25) is 0 Å². The van der Waals surface area contributed by atoms with Crippen molar-refractivity contribution in [3.8, 4) is 5.75 Å². The minimum atomic E-state index is -0.327. The highest BCUT2D eigenvalue weighted by atomic mass is 32.1. The van der Waals surface area contributed by atoms with Crippen LogP contribution < -0.4 is 15.4 Å². The zero-order chi connectivity index (χ0) is 17.1. The van der Waals surface area contributed by atoms with Gasteiger partial charge in [0, 0.05) is 18.2 Å². The van der Waals surface area contributed by atoms with E-state index in [0.29, 0.717) is 23.3 Å². The van der Waals surface area contributed by atoms with Gasteiger partial charge in [0.2, 0.25) is 5.13 Å². The number of benzene rings is 1. The standard InChI is InChI=1S/C17H20N4O3S/c22-16(19-17-21-20-15(25-17)11-3-4-11)18-12-5-7-13(8-6-12)24-10-14-2-1-9-23-14/h5-8,11,14H,1-4,9-10H2,(H2,18,19,21,22)/t14-/m1/s1. The molecule has 0 unspecified atom stereocenters. The summed E-state index contributed by atoms with van der Waals surface area (Å²) < 4.78 is 11.2. The minimum Gasteiger partial charge on any atom is -0.491 e. The third-order valence-electron chi connectivity index (χ3n) is 4.16. The molecule has 2 aliphatic rings. The number of carbonyl (C=O) groups excluding carboxylic acids is 1. The molecule has 8 heteroatoms. The Kier molecular flexibility index (Phi) is 4.80. The SMILES string of the molecule is O=C(Nc1ccc(OC[C@H]2CCCO2)cc1)Nc1nnc(C2CC2)s1. The van der Waals surface area contributed by atoms with Crippen LogP contribution in [0.1, 0.15) is 36.6 Å². The monoisotopic (exact) mass is 360 g/mol. The Labute approximate surface area is 149 Å². The molecule has 1 aliphatic carbocycles. The molecule has 1 aromatic heterocycles. The van der Waals surface area contributed by atoms with Gasteiger partial charge >= 0.3 is 6.03 Å². The van der Waals surface area contributed by atoms with Crippen LogP contribution in [-0.4, -0.2) is 35.5 Å². The van der Waals surface area contributed by atoms with Gasteiger partial charge in [0.15, 0.2) is 0 Å². The van der Waals surface area contributed by atoms with Crippen molar-refractivity contribution in [2.24, 2.45) is 0 Å². The molecule has 1 atom stereocenters. The largest absolute Gasteiger partial charge is 0.491 e. The number of ether oxygens (including phenoxy) is 2.